The van der Waals surface area contributed by atoms with Crippen molar-refractivity contribution in [2.24, 2.45) is 0 Å². The van der Waals surface area contributed by atoms with Crippen LogP contribution in [-0.4, -0.2) is 24.5 Å². The van der Waals surface area contributed by atoms with Gasteiger partial charge in [-0.05, 0) is 50.1 Å². The number of benzene rings is 3. The van der Waals surface area contributed by atoms with E-state index in [0.717, 1.165) is 17.7 Å². The van der Waals surface area contributed by atoms with Gasteiger partial charge in [0.1, 0.15) is 5.75 Å². The quantitative estimate of drug-likeness (QED) is 0.681. The summed E-state index contributed by atoms with van der Waals surface area (Å²) in [6, 6.07) is 22.9. The highest BCUT2D eigenvalue weighted by Gasteiger charge is 2.31. The van der Waals surface area contributed by atoms with Crippen LogP contribution < -0.4 is 15.0 Å². The number of nitrogens with zero attached hydrogens (tertiary/aromatic N) is 1. The van der Waals surface area contributed by atoms with Crippen molar-refractivity contribution in [1.29, 1.82) is 0 Å². The number of ether oxygens (including phenoxy) is 1. The van der Waals surface area contributed by atoms with E-state index in [1.165, 1.54) is 5.56 Å². The Morgan fingerprint density at radius 2 is 1.77 bits per heavy atom. The second-order valence-electron chi connectivity index (χ2n) is 7.49. The highest BCUT2D eigenvalue weighted by molar-refractivity contribution is 6.05. The molecular formula is C25H24N2O3. The Labute approximate surface area is 176 Å². The molecule has 0 aliphatic carbocycles. The molecule has 0 radical (unpaired) electrons. The maximum Gasteiger partial charge on any atom is 0.267 e. The van der Waals surface area contributed by atoms with Gasteiger partial charge in [-0.2, -0.15) is 0 Å². The molecule has 152 valence electrons. The lowest BCUT2D eigenvalue weighted by Gasteiger charge is -2.33. The Kier molecular flexibility index (Phi) is 5.53. The molecule has 1 aliphatic rings. The van der Waals surface area contributed by atoms with Gasteiger partial charge in [0, 0.05) is 23.9 Å². The highest BCUT2D eigenvalue weighted by atomic mass is 16.5. The summed E-state index contributed by atoms with van der Waals surface area (Å²) in [6.45, 7) is 4.30. The number of amides is 2. The lowest BCUT2D eigenvalue weighted by Crippen LogP contribution is -2.45. The third-order valence-corrected chi connectivity index (χ3v) is 5.21. The number of carbonyl (C=O) groups excluding carboxylic acids is 2. The first-order chi connectivity index (χ1) is 14.5. The molecule has 5 heteroatoms. The molecule has 1 aliphatic heterocycles. The fourth-order valence-corrected chi connectivity index (χ4v) is 3.51. The van der Waals surface area contributed by atoms with Crippen molar-refractivity contribution in [1.82, 2.24) is 0 Å². The first kappa shape index (κ1) is 19.7. The predicted molar refractivity (Wildman–Crippen MR) is 118 cm³/mol. The first-order valence-corrected chi connectivity index (χ1v) is 10.1. The predicted octanol–water partition coefficient (Wildman–Crippen LogP) is 4.60. The number of hydrogen-bond donors (Lipinski definition) is 1. The highest BCUT2D eigenvalue weighted by Crippen LogP contribution is 2.36. The number of carbonyl (C=O) groups is 2. The van der Waals surface area contributed by atoms with E-state index in [4.69, 9.17) is 4.74 Å². The van der Waals surface area contributed by atoms with Crippen LogP contribution in [0.5, 0.6) is 5.75 Å². The standard InChI is InChI=1S/C25H24N2O3/c1-17-8-10-20(11-9-17)24(28)26-21-12-13-22-23(16-21)30-18(2)25(29)27(22)15-14-19-6-4-3-5-7-19/h3-13,16,18H,14-15H2,1-2H3,(H,26,28). The van der Waals surface area contributed by atoms with Crippen molar-refractivity contribution in [3.8, 4) is 5.75 Å². The monoisotopic (exact) mass is 400 g/mol. The van der Waals surface area contributed by atoms with E-state index in [2.05, 4.69) is 17.4 Å². The minimum Gasteiger partial charge on any atom is -0.479 e. The number of hydrogen-bond acceptors (Lipinski definition) is 3. The summed E-state index contributed by atoms with van der Waals surface area (Å²) < 4.78 is 5.83. The molecular weight excluding hydrogens is 376 g/mol. The average Bonchev–Trinajstić information content (AvgIpc) is 2.75. The first-order valence-electron chi connectivity index (χ1n) is 10.1. The van der Waals surface area contributed by atoms with Crippen LogP contribution in [0, 0.1) is 6.92 Å². The molecule has 5 nitrogen and oxygen atoms in total. The van der Waals surface area contributed by atoms with Crippen LogP contribution in [0.4, 0.5) is 11.4 Å². The maximum absolute atomic E-state index is 12.7. The van der Waals surface area contributed by atoms with Gasteiger partial charge in [-0.3, -0.25) is 9.59 Å². The number of aryl methyl sites for hydroxylation is 1. The second-order valence-corrected chi connectivity index (χ2v) is 7.49. The number of fused-ring (bicyclic) bond motifs is 1. The topological polar surface area (TPSA) is 58.6 Å². The van der Waals surface area contributed by atoms with Crippen molar-refractivity contribution in [3.63, 3.8) is 0 Å². The Hall–Kier alpha value is -3.60. The average molecular weight is 400 g/mol. The maximum atomic E-state index is 12.7. The summed E-state index contributed by atoms with van der Waals surface area (Å²) in [6.07, 6.45) is 0.182. The number of nitrogens with one attached hydrogen (secondary N) is 1. The van der Waals surface area contributed by atoms with Gasteiger partial charge in [0.05, 0.1) is 5.69 Å². The van der Waals surface area contributed by atoms with Crippen LogP contribution in [-0.2, 0) is 11.2 Å². The van der Waals surface area contributed by atoms with Crippen molar-refractivity contribution in [2.45, 2.75) is 26.4 Å². The van der Waals surface area contributed by atoms with Crippen LogP contribution in [0.1, 0.15) is 28.4 Å². The van der Waals surface area contributed by atoms with Crippen LogP contribution >= 0.6 is 0 Å². The minimum atomic E-state index is -0.573. The van der Waals surface area contributed by atoms with E-state index in [1.807, 2.05) is 43.3 Å². The molecule has 1 heterocycles. The van der Waals surface area contributed by atoms with Gasteiger partial charge in [0.15, 0.2) is 6.10 Å². The fraction of sp³-hybridized carbons (Fsp3) is 0.200. The van der Waals surface area contributed by atoms with Gasteiger partial charge >= 0.3 is 0 Å². The Bertz CT molecular complexity index is 1060. The molecule has 1 unspecified atom stereocenters. The van der Waals surface area contributed by atoms with Gasteiger partial charge in [0.25, 0.3) is 11.8 Å². The molecule has 0 spiro atoms. The molecule has 1 N–H and O–H groups in total. The third kappa shape index (κ3) is 4.20. The van der Waals surface area contributed by atoms with Gasteiger partial charge < -0.3 is 15.0 Å². The van der Waals surface area contributed by atoms with Crippen LogP contribution in [0.25, 0.3) is 0 Å². The minimum absolute atomic E-state index is 0.0603. The smallest absolute Gasteiger partial charge is 0.267 e. The molecule has 4 rings (SSSR count). The van der Waals surface area contributed by atoms with Crippen molar-refractivity contribution in [2.75, 3.05) is 16.8 Å². The van der Waals surface area contributed by atoms with Gasteiger partial charge in [-0.15, -0.1) is 0 Å². The summed E-state index contributed by atoms with van der Waals surface area (Å²) in [5.74, 6) is 0.350. The van der Waals surface area contributed by atoms with Crippen molar-refractivity contribution in [3.05, 3.63) is 89.5 Å². The summed E-state index contributed by atoms with van der Waals surface area (Å²) in [4.78, 5) is 27.0. The zero-order valence-corrected chi connectivity index (χ0v) is 17.1. The molecule has 3 aromatic rings. The van der Waals surface area contributed by atoms with Gasteiger partial charge in [-0.1, -0.05) is 48.0 Å². The summed E-state index contributed by atoms with van der Waals surface area (Å²) in [7, 11) is 0. The second kappa shape index (κ2) is 8.41. The molecule has 0 aromatic heterocycles. The molecule has 0 fully saturated rings. The van der Waals surface area contributed by atoms with E-state index < -0.39 is 6.10 Å². The normalized spacial score (nSPS) is 15.3. The van der Waals surface area contributed by atoms with Crippen molar-refractivity contribution < 1.29 is 14.3 Å². The van der Waals surface area contributed by atoms with Gasteiger partial charge in [-0.25, -0.2) is 0 Å². The lowest BCUT2D eigenvalue weighted by atomic mass is 10.1. The Balaban J connectivity index is 1.53. The Morgan fingerprint density at radius 3 is 2.50 bits per heavy atom. The molecule has 0 saturated carbocycles. The summed E-state index contributed by atoms with van der Waals surface area (Å²) in [5.41, 5.74) is 4.22. The Morgan fingerprint density at radius 1 is 1.03 bits per heavy atom. The summed E-state index contributed by atoms with van der Waals surface area (Å²) in [5, 5.41) is 2.90. The molecule has 1 atom stereocenters. The van der Waals surface area contributed by atoms with Crippen molar-refractivity contribution >= 4 is 23.2 Å². The van der Waals surface area contributed by atoms with E-state index in [-0.39, 0.29) is 11.8 Å². The van der Waals surface area contributed by atoms with E-state index in [1.54, 1.807) is 36.1 Å². The molecule has 0 saturated heterocycles. The molecule has 30 heavy (non-hydrogen) atoms. The zero-order chi connectivity index (χ0) is 21.1. The van der Waals surface area contributed by atoms with E-state index in [9.17, 15) is 9.59 Å². The third-order valence-electron chi connectivity index (χ3n) is 5.21. The van der Waals surface area contributed by atoms with E-state index in [0.29, 0.717) is 23.5 Å². The van der Waals surface area contributed by atoms with Crippen LogP contribution in [0.15, 0.2) is 72.8 Å². The van der Waals surface area contributed by atoms with E-state index >= 15 is 0 Å². The largest absolute Gasteiger partial charge is 0.479 e. The number of anilines is 2. The van der Waals surface area contributed by atoms with Gasteiger partial charge in [0.2, 0.25) is 0 Å². The molecule has 0 bridgehead atoms. The fourth-order valence-electron chi connectivity index (χ4n) is 3.51. The summed E-state index contributed by atoms with van der Waals surface area (Å²) >= 11 is 0. The number of rotatable bonds is 5. The lowest BCUT2D eigenvalue weighted by molar-refractivity contribution is -0.125. The van der Waals surface area contributed by atoms with Crippen LogP contribution in [0.3, 0.4) is 0 Å². The zero-order valence-electron chi connectivity index (χ0n) is 17.1. The molecule has 3 aromatic carbocycles. The SMILES string of the molecule is Cc1ccc(C(=O)Nc2ccc3c(c2)OC(C)C(=O)N3CCc2ccccc2)cc1. The molecule has 2 amide bonds. The van der Waals surface area contributed by atoms with Crippen LogP contribution in [0.2, 0.25) is 0 Å².